The second-order valence-corrected chi connectivity index (χ2v) is 4.75. The molecule has 0 fully saturated rings. The van der Waals surface area contributed by atoms with Crippen LogP contribution in [0.4, 0.5) is 5.69 Å². The molecular formula is C15H14N2O3. The van der Waals surface area contributed by atoms with E-state index in [1.165, 1.54) is 6.07 Å². The van der Waals surface area contributed by atoms with Crippen LogP contribution in [0.25, 0.3) is 0 Å². The number of phenols is 3. The number of hydrazone groups is 1. The van der Waals surface area contributed by atoms with Crippen molar-refractivity contribution in [3.63, 3.8) is 0 Å². The maximum Gasteiger partial charge on any atom is 0.125 e. The van der Waals surface area contributed by atoms with E-state index in [9.17, 15) is 15.3 Å². The van der Waals surface area contributed by atoms with E-state index in [1.807, 2.05) is 6.92 Å². The smallest absolute Gasteiger partial charge is 0.125 e. The van der Waals surface area contributed by atoms with Gasteiger partial charge in [-0.25, -0.2) is 0 Å². The summed E-state index contributed by atoms with van der Waals surface area (Å²) in [7, 11) is 0. The lowest BCUT2D eigenvalue weighted by Crippen LogP contribution is -2.24. The van der Waals surface area contributed by atoms with Crippen molar-refractivity contribution in [1.82, 2.24) is 0 Å². The zero-order valence-corrected chi connectivity index (χ0v) is 10.9. The third-order valence-corrected chi connectivity index (χ3v) is 3.33. The number of hydrogen-bond acceptors (Lipinski definition) is 5. The predicted molar refractivity (Wildman–Crippen MR) is 76.3 cm³/mol. The average molecular weight is 270 g/mol. The predicted octanol–water partition coefficient (Wildman–Crippen LogP) is 2.55. The molecule has 2 aromatic carbocycles. The van der Waals surface area contributed by atoms with Crippen LogP contribution >= 0.6 is 0 Å². The maximum atomic E-state index is 9.98. The highest BCUT2D eigenvalue weighted by Crippen LogP contribution is 2.33. The zero-order valence-electron chi connectivity index (χ0n) is 10.9. The van der Waals surface area contributed by atoms with Crippen LogP contribution in [-0.2, 0) is 6.54 Å². The fourth-order valence-corrected chi connectivity index (χ4v) is 2.32. The van der Waals surface area contributed by atoms with Crippen molar-refractivity contribution in [3.8, 4) is 17.2 Å². The van der Waals surface area contributed by atoms with Crippen LogP contribution < -0.4 is 5.01 Å². The summed E-state index contributed by atoms with van der Waals surface area (Å²) in [5, 5.41) is 35.0. The Labute approximate surface area is 116 Å². The Kier molecular flexibility index (Phi) is 2.75. The van der Waals surface area contributed by atoms with Crippen LogP contribution in [0, 0.1) is 0 Å². The Morgan fingerprint density at radius 1 is 1.00 bits per heavy atom. The van der Waals surface area contributed by atoms with E-state index in [2.05, 4.69) is 5.10 Å². The molecule has 1 aliphatic heterocycles. The van der Waals surface area contributed by atoms with Gasteiger partial charge >= 0.3 is 0 Å². The normalized spacial score (nSPS) is 13.8. The number of benzene rings is 2. The van der Waals surface area contributed by atoms with Gasteiger partial charge in [0, 0.05) is 17.2 Å². The zero-order chi connectivity index (χ0) is 14.3. The number of anilines is 1. The molecule has 0 radical (unpaired) electrons. The van der Waals surface area contributed by atoms with Crippen LogP contribution in [0.5, 0.6) is 17.2 Å². The number of hydrogen-bond donors (Lipinski definition) is 3. The Balaban J connectivity index is 2.04. The van der Waals surface area contributed by atoms with Crippen LogP contribution in [-0.4, -0.2) is 21.0 Å². The molecule has 1 aliphatic rings. The third-order valence-electron chi connectivity index (χ3n) is 3.33. The lowest BCUT2D eigenvalue weighted by atomic mass is 10.0. The van der Waals surface area contributed by atoms with E-state index in [0.717, 1.165) is 16.8 Å². The second kappa shape index (κ2) is 4.45. The lowest BCUT2D eigenvalue weighted by molar-refractivity contribution is 0.444. The van der Waals surface area contributed by atoms with Gasteiger partial charge < -0.3 is 15.3 Å². The topological polar surface area (TPSA) is 76.3 Å². The van der Waals surface area contributed by atoms with Gasteiger partial charge in [0.25, 0.3) is 0 Å². The van der Waals surface area contributed by atoms with Gasteiger partial charge in [-0.05, 0) is 37.3 Å². The average Bonchev–Trinajstić information content (AvgIpc) is 2.40. The number of nitrogens with zero attached hydrogens (tertiary/aromatic N) is 2. The van der Waals surface area contributed by atoms with E-state index in [4.69, 9.17) is 0 Å². The molecular weight excluding hydrogens is 256 g/mol. The Morgan fingerprint density at radius 2 is 1.70 bits per heavy atom. The van der Waals surface area contributed by atoms with Crippen molar-refractivity contribution in [1.29, 1.82) is 0 Å². The van der Waals surface area contributed by atoms with Crippen LogP contribution in [0.3, 0.4) is 0 Å². The molecule has 0 spiro atoms. The van der Waals surface area contributed by atoms with Crippen molar-refractivity contribution in [2.24, 2.45) is 5.10 Å². The van der Waals surface area contributed by atoms with Crippen LogP contribution in [0.2, 0.25) is 0 Å². The molecule has 0 atom stereocenters. The van der Waals surface area contributed by atoms with Gasteiger partial charge in [-0.3, -0.25) is 5.01 Å². The van der Waals surface area contributed by atoms with Crippen LogP contribution in [0.1, 0.15) is 18.1 Å². The highest BCUT2D eigenvalue weighted by atomic mass is 16.3. The van der Waals surface area contributed by atoms with E-state index >= 15 is 0 Å². The Morgan fingerprint density at radius 3 is 2.40 bits per heavy atom. The fraction of sp³-hybridized carbons (Fsp3) is 0.133. The molecule has 0 aliphatic carbocycles. The minimum absolute atomic E-state index is 0.0221. The fourth-order valence-electron chi connectivity index (χ4n) is 2.32. The highest BCUT2D eigenvalue weighted by Gasteiger charge is 2.21. The van der Waals surface area contributed by atoms with E-state index < -0.39 is 0 Å². The minimum Gasteiger partial charge on any atom is -0.508 e. The molecule has 3 N–H and O–H groups in total. The molecule has 3 rings (SSSR count). The Bertz CT molecular complexity index is 693. The summed E-state index contributed by atoms with van der Waals surface area (Å²) >= 11 is 0. The van der Waals surface area contributed by atoms with Crippen molar-refractivity contribution >= 4 is 11.4 Å². The molecule has 0 saturated heterocycles. The van der Waals surface area contributed by atoms with Gasteiger partial charge in [0.2, 0.25) is 0 Å². The highest BCUT2D eigenvalue weighted by molar-refractivity contribution is 6.02. The van der Waals surface area contributed by atoms with E-state index in [0.29, 0.717) is 12.3 Å². The van der Waals surface area contributed by atoms with Crippen molar-refractivity contribution in [2.45, 2.75) is 13.5 Å². The molecule has 2 aromatic rings. The van der Waals surface area contributed by atoms with Crippen molar-refractivity contribution in [3.05, 3.63) is 47.5 Å². The van der Waals surface area contributed by atoms with Gasteiger partial charge in [0.15, 0.2) is 0 Å². The molecule has 1 heterocycles. The first kappa shape index (κ1) is 12.3. The molecule has 20 heavy (non-hydrogen) atoms. The molecule has 0 unspecified atom stereocenters. The van der Waals surface area contributed by atoms with E-state index in [1.54, 1.807) is 35.3 Å². The summed E-state index contributed by atoms with van der Waals surface area (Å²) in [6, 6.07) is 9.62. The first-order valence-corrected chi connectivity index (χ1v) is 6.21. The minimum atomic E-state index is 0.0221. The molecule has 5 heteroatoms. The molecule has 0 saturated carbocycles. The number of phenolic OH excluding ortho intramolecular Hbond substituents is 3. The van der Waals surface area contributed by atoms with Crippen molar-refractivity contribution in [2.75, 3.05) is 5.01 Å². The van der Waals surface area contributed by atoms with Crippen LogP contribution in [0.15, 0.2) is 41.5 Å². The van der Waals surface area contributed by atoms with Gasteiger partial charge in [0.1, 0.15) is 17.2 Å². The summed E-state index contributed by atoms with van der Waals surface area (Å²) in [5.74, 6) is 0.270. The summed E-state index contributed by atoms with van der Waals surface area (Å²) in [4.78, 5) is 0. The van der Waals surface area contributed by atoms with Gasteiger partial charge in [-0.15, -0.1) is 0 Å². The monoisotopic (exact) mass is 270 g/mol. The first-order chi connectivity index (χ1) is 9.54. The third kappa shape index (κ3) is 2.03. The summed E-state index contributed by atoms with van der Waals surface area (Å²) < 4.78 is 0. The summed E-state index contributed by atoms with van der Waals surface area (Å²) in [6.45, 7) is 2.23. The van der Waals surface area contributed by atoms with Crippen molar-refractivity contribution < 1.29 is 15.3 Å². The number of fused-ring (bicyclic) bond motifs is 1. The SMILES string of the molecule is CC1=NN(c2ccc(O)cc2)Cc2c(O)cc(O)cc21. The number of rotatable bonds is 1. The molecule has 102 valence electrons. The largest absolute Gasteiger partial charge is 0.508 e. The van der Waals surface area contributed by atoms with Gasteiger partial charge in [0.05, 0.1) is 17.9 Å². The summed E-state index contributed by atoms with van der Waals surface area (Å²) in [6.07, 6.45) is 0. The lowest BCUT2D eigenvalue weighted by Gasteiger charge is -2.27. The standard InChI is InChI=1S/C15H14N2O3/c1-9-13-6-12(19)7-15(20)14(13)8-17(16-9)10-2-4-11(18)5-3-10/h2-7,18-20H,8H2,1H3. The first-order valence-electron chi connectivity index (χ1n) is 6.21. The maximum absolute atomic E-state index is 9.98. The second-order valence-electron chi connectivity index (χ2n) is 4.75. The molecule has 0 bridgehead atoms. The Hall–Kier alpha value is -2.69. The molecule has 0 aromatic heterocycles. The molecule has 5 nitrogen and oxygen atoms in total. The van der Waals surface area contributed by atoms with Gasteiger partial charge in [-0.1, -0.05) is 0 Å². The quantitative estimate of drug-likeness (QED) is 0.744. The van der Waals surface area contributed by atoms with E-state index in [-0.39, 0.29) is 17.2 Å². The summed E-state index contributed by atoms with van der Waals surface area (Å²) in [5.41, 5.74) is 3.01. The number of aromatic hydroxyl groups is 3. The molecule has 0 amide bonds. The van der Waals surface area contributed by atoms with Gasteiger partial charge in [-0.2, -0.15) is 5.10 Å².